The summed E-state index contributed by atoms with van der Waals surface area (Å²) >= 11 is 1.98. The molecule has 2 heteroatoms. The molecule has 0 atom stereocenters. The molecule has 0 saturated heterocycles. The maximum atomic E-state index is 4.91. The topological polar surface area (TPSA) is 12.9 Å². The van der Waals surface area contributed by atoms with Gasteiger partial charge in [-0.15, -0.1) is 11.3 Å². The van der Waals surface area contributed by atoms with Crippen LogP contribution in [0.4, 0.5) is 0 Å². The van der Waals surface area contributed by atoms with Gasteiger partial charge in [0.2, 0.25) is 0 Å². The van der Waals surface area contributed by atoms with E-state index in [4.69, 9.17) is 4.98 Å². The Kier molecular flexibility index (Phi) is 4.15. The average Bonchev–Trinajstić information content (AvgIpc) is 3.07. The van der Waals surface area contributed by atoms with Crippen LogP contribution in [0.3, 0.4) is 0 Å². The van der Waals surface area contributed by atoms with E-state index in [1.165, 1.54) is 51.2 Å². The number of aromatic nitrogens is 1. The molecule has 0 unspecified atom stereocenters. The Bertz CT molecular complexity index is 1240. The predicted molar refractivity (Wildman–Crippen MR) is 127 cm³/mol. The first kappa shape index (κ1) is 18.8. The third kappa shape index (κ3) is 3.00. The van der Waals surface area contributed by atoms with Crippen molar-refractivity contribution in [3.05, 3.63) is 64.7 Å². The van der Waals surface area contributed by atoms with Gasteiger partial charge in [0.15, 0.2) is 0 Å². The van der Waals surface area contributed by atoms with E-state index < -0.39 is 0 Å². The first-order valence-electron chi connectivity index (χ1n) is 10.7. The van der Waals surface area contributed by atoms with Crippen LogP contribution in [0.1, 0.15) is 63.5 Å². The van der Waals surface area contributed by atoms with E-state index in [0.29, 0.717) is 0 Å². The molecule has 1 aliphatic carbocycles. The lowest BCUT2D eigenvalue weighted by molar-refractivity contribution is 0.443. The van der Waals surface area contributed by atoms with E-state index >= 15 is 0 Å². The van der Waals surface area contributed by atoms with Crippen LogP contribution in [-0.2, 0) is 17.3 Å². The summed E-state index contributed by atoms with van der Waals surface area (Å²) < 4.78 is 1.36. The highest BCUT2D eigenvalue weighted by Crippen LogP contribution is 2.47. The molecule has 0 bridgehead atoms. The summed E-state index contributed by atoms with van der Waals surface area (Å²) in [5.74, 6) is 0. The van der Waals surface area contributed by atoms with Gasteiger partial charge in [0.25, 0.3) is 0 Å². The van der Waals surface area contributed by atoms with E-state index in [1.807, 2.05) is 17.5 Å². The molecular weight excluding hydrogens is 370 g/mol. The van der Waals surface area contributed by atoms with Crippen LogP contribution < -0.4 is 0 Å². The fourth-order valence-corrected chi connectivity index (χ4v) is 6.45. The van der Waals surface area contributed by atoms with Gasteiger partial charge in [-0.1, -0.05) is 58.9 Å². The second kappa shape index (κ2) is 6.40. The molecular formula is C27H29NS. The first-order chi connectivity index (χ1) is 13.8. The van der Waals surface area contributed by atoms with Gasteiger partial charge >= 0.3 is 0 Å². The van der Waals surface area contributed by atoms with Gasteiger partial charge in [0.1, 0.15) is 0 Å². The predicted octanol–water partition coefficient (Wildman–Crippen LogP) is 8.03. The monoisotopic (exact) mass is 399 g/mol. The zero-order chi connectivity index (χ0) is 20.4. The van der Waals surface area contributed by atoms with Crippen molar-refractivity contribution in [2.45, 2.75) is 64.7 Å². The van der Waals surface area contributed by atoms with Crippen LogP contribution in [0, 0.1) is 0 Å². The second-order valence-corrected chi connectivity index (χ2v) is 11.2. The van der Waals surface area contributed by atoms with Crippen molar-refractivity contribution in [3.8, 4) is 11.3 Å². The highest BCUT2D eigenvalue weighted by Gasteiger charge is 2.31. The number of hydrogen-bond acceptors (Lipinski definition) is 2. The lowest BCUT2D eigenvalue weighted by Crippen LogP contribution is -2.21. The summed E-state index contributed by atoms with van der Waals surface area (Å²) in [7, 11) is 0. The Hall–Kier alpha value is -2.19. The van der Waals surface area contributed by atoms with Gasteiger partial charge in [-0.25, -0.2) is 0 Å². The number of benzene rings is 2. The number of thiophene rings is 1. The molecule has 0 amide bonds. The van der Waals surface area contributed by atoms with Crippen LogP contribution in [0.5, 0.6) is 0 Å². The summed E-state index contributed by atoms with van der Waals surface area (Å²) in [6.45, 7) is 11.7. The van der Waals surface area contributed by atoms with E-state index in [1.54, 1.807) is 10.4 Å². The Morgan fingerprint density at radius 1 is 1.00 bits per heavy atom. The molecule has 2 heterocycles. The molecule has 0 saturated carbocycles. The minimum Gasteiger partial charge on any atom is -0.255 e. The number of fused-ring (bicyclic) bond motifs is 4. The molecule has 5 rings (SSSR count). The summed E-state index contributed by atoms with van der Waals surface area (Å²) in [4.78, 5) is 6.48. The van der Waals surface area contributed by atoms with Gasteiger partial charge in [-0.2, -0.15) is 0 Å². The van der Waals surface area contributed by atoms with Gasteiger partial charge in [-0.05, 0) is 75.6 Å². The normalized spacial score (nSPS) is 16.3. The highest BCUT2D eigenvalue weighted by molar-refractivity contribution is 7.20. The minimum absolute atomic E-state index is 0.0835. The van der Waals surface area contributed by atoms with E-state index in [2.05, 4.69) is 77.1 Å². The number of nitrogens with zero attached hydrogens (tertiary/aromatic N) is 1. The first-order valence-corrected chi connectivity index (χ1v) is 11.5. The molecule has 2 aromatic heterocycles. The fourth-order valence-electron chi connectivity index (χ4n) is 4.96. The van der Waals surface area contributed by atoms with Crippen LogP contribution in [0.2, 0.25) is 0 Å². The largest absolute Gasteiger partial charge is 0.255 e. The van der Waals surface area contributed by atoms with Crippen molar-refractivity contribution in [2.24, 2.45) is 0 Å². The Labute approximate surface area is 177 Å². The van der Waals surface area contributed by atoms with Gasteiger partial charge < -0.3 is 0 Å². The summed E-state index contributed by atoms with van der Waals surface area (Å²) in [6, 6.07) is 15.7. The Morgan fingerprint density at radius 2 is 1.79 bits per heavy atom. The van der Waals surface area contributed by atoms with Crippen molar-refractivity contribution >= 4 is 32.2 Å². The smallest absolute Gasteiger partial charge is 0.0880 e. The molecule has 29 heavy (non-hydrogen) atoms. The molecule has 4 aromatic rings. The van der Waals surface area contributed by atoms with Gasteiger partial charge in [0.05, 0.1) is 10.4 Å². The van der Waals surface area contributed by atoms with Crippen LogP contribution in [0.25, 0.3) is 32.1 Å². The number of rotatable bonds is 1. The lowest BCUT2D eigenvalue weighted by Gasteiger charge is -2.29. The van der Waals surface area contributed by atoms with Crippen molar-refractivity contribution in [3.63, 3.8) is 0 Å². The van der Waals surface area contributed by atoms with Crippen LogP contribution in [-0.4, -0.2) is 4.98 Å². The van der Waals surface area contributed by atoms with Gasteiger partial charge in [0, 0.05) is 16.6 Å². The highest BCUT2D eigenvalue weighted by atomic mass is 32.1. The molecule has 0 spiro atoms. The van der Waals surface area contributed by atoms with Crippen molar-refractivity contribution in [1.82, 2.24) is 4.98 Å². The van der Waals surface area contributed by atoms with E-state index in [0.717, 1.165) is 5.69 Å². The summed E-state index contributed by atoms with van der Waals surface area (Å²) in [5.41, 5.74) is 5.71. The Morgan fingerprint density at radius 3 is 2.59 bits per heavy atom. The summed E-state index contributed by atoms with van der Waals surface area (Å²) in [6.07, 6.45) is 5.78. The maximum absolute atomic E-state index is 4.91. The molecule has 1 nitrogen and oxygen atoms in total. The van der Waals surface area contributed by atoms with Crippen molar-refractivity contribution in [1.29, 1.82) is 0 Å². The van der Waals surface area contributed by atoms with Crippen LogP contribution >= 0.6 is 11.3 Å². The quantitative estimate of drug-likeness (QED) is 0.316. The zero-order valence-corrected chi connectivity index (χ0v) is 18.9. The van der Waals surface area contributed by atoms with Crippen molar-refractivity contribution in [2.75, 3.05) is 0 Å². The summed E-state index contributed by atoms with van der Waals surface area (Å²) in [5, 5.41) is 4.08. The fraction of sp³-hybridized carbons (Fsp3) is 0.370. The number of hydrogen-bond donors (Lipinski definition) is 0. The third-order valence-corrected chi connectivity index (χ3v) is 8.11. The molecule has 0 fully saturated rings. The van der Waals surface area contributed by atoms with Crippen molar-refractivity contribution < 1.29 is 0 Å². The van der Waals surface area contributed by atoms with E-state index in [9.17, 15) is 0 Å². The lowest BCUT2D eigenvalue weighted by atomic mass is 9.77. The molecule has 0 radical (unpaired) electrons. The third-order valence-electron chi connectivity index (χ3n) is 6.49. The second-order valence-electron chi connectivity index (χ2n) is 10.2. The van der Waals surface area contributed by atoms with Crippen LogP contribution in [0.15, 0.2) is 48.7 Å². The molecule has 148 valence electrons. The standard InChI is InChI=1S/C27H29NS/c1-26(2,3)22-16-18(15-17-9-6-7-10-19(17)22)23-24-20(12-14-28-23)21-11-8-13-27(4,5)25(21)29-24/h6-7,9-10,12,14-16H,8,11,13H2,1-5H3. The number of aryl methyl sites for hydroxylation is 1. The molecule has 2 aromatic carbocycles. The maximum Gasteiger partial charge on any atom is 0.0880 e. The average molecular weight is 400 g/mol. The Balaban J connectivity index is 1.81. The molecule has 0 aliphatic heterocycles. The SMILES string of the molecule is CC(C)(C)c1cc(-c2nccc3c4c(sc23)C(C)(C)CCC4)cc2ccccc12. The number of pyridine rings is 1. The zero-order valence-electron chi connectivity index (χ0n) is 18.1. The minimum atomic E-state index is 0.0835. The van der Waals surface area contributed by atoms with Gasteiger partial charge in [-0.3, -0.25) is 4.98 Å². The molecule has 1 aliphatic rings. The molecule has 0 N–H and O–H groups in total. The van der Waals surface area contributed by atoms with E-state index in [-0.39, 0.29) is 10.8 Å².